The Morgan fingerprint density at radius 1 is 0.970 bits per heavy atom. The van der Waals surface area contributed by atoms with E-state index in [4.69, 9.17) is 14.5 Å². The van der Waals surface area contributed by atoms with Crippen LogP contribution in [0.5, 0.6) is 11.5 Å². The molecule has 7 nitrogen and oxygen atoms in total. The molecule has 0 saturated carbocycles. The highest BCUT2D eigenvalue weighted by Gasteiger charge is 2.15. The topological polar surface area (TPSA) is 78.4 Å². The number of nitrogens with one attached hydrogen (secondary N) is 2. The molecule has 184 valence electrons. The lowest BCUT2D eigenvalue weighted by atomic mass is 10.1. The number of aliphatic imine (C=N–C) groups is 1. The fourth-order valence-electron chi connectivity index (χ4n) is 3.26. The Kier molecular flexibility index (Phi) is 13.2. The van der Waals surface area contributed by atoms with Crippen LogP contribution in [-0.4, -0.2) is 62.9 Å². The standard InChI is InChI=1S/C25H38N4O3.HI/c1-7-26-25(27-16-23(29(4)5)19-8-12-21(31-6)13-9-19)28-17-24(30)20-10-14-22(15-11-20)32-18(2)3;/h8-15,18,23-24,30H,7,16-17H2,1-6H3,(H2,26,27,28);1H. The number of methoxy groups -OCH3 is 1. The summed E-state index contributed by atoms with van der Waals surface area (Å²) in [5.41, 5.74) is 1.99. The number of aliphatic hydroxyl groups is 1. The molecule has 0 aliphatic heterocycles. The number of hydrogen-bond acceptors (Lipinski definition) is 5. The van der Waals surface area contributed by atoms with Crippen LogP contribution < -0.4 is 20.1 Å². The van der Waals surface area contributed by atoms with E-state index < -0.39 is 6.10 Å². The second-order valence-corrected chi connectivity index (χ2v) is 8.10. The van der Waals surface area contributed by atoms with Gasteiger partial charge in [-0.05, 0) is 70.3 Å². The molecule has 0 spiro atoms. The van der Waals surface area contributed by atoms with Crippen molar-refractivity contribution in [3.05, 3.63) is 59.7 Å². The van der Waals surface area contributed by atoms with Gasteiger partial charge in [0.25, 0.3) is 0 Å². The summed E-state index contributed by atoms with van der Waals surface area (Å²) in [7, 11) is 5.75. The smallest absolute Gasteiger partial charge is 0.191 e. The highest BCUT2D eigenvalue weighted by atomic mass is 127. The van der Waals surface area contributed by atoms with Crippen LogP contribution in [0.25, 0.3) is 0 Å². The molecule has 8 heteroatoms. The lowest BCUT2D eigenvalue weighted by Gasteiger charge is -2.24. The third kappa shape index (κ3) is 9.77. The third-order valence-corrected chi connectivity index (χ3v) is 4.99. The molecule has 2 aromatic rings. The number of guanidine groups is 1. The molecule has 0 aromatic heterocycles. The van der Waals surface area contributed by atoms with Gasteiger partial charge in [-0.1, -0.05) is 24.3 Å². The summed E-state index contributed by atoms with van der Waals surface area (Å²) < 4.78 is 10.9. The van der Waals surface area contributed by atoms with E-state index in [0.717, 1.165) is 23.6 Å². The van der Waals surface area contributed by atoms with E-state index in [1.54, 1.807) is 7.11 Å². The molecule has 0 radical (unpaired) electrons. The zero-order chi connectivity index (χ0) is 23.5. The van der Waals surface area contributed by atoms with Crippen molar-refractivity contribution in [1.29, 1.82) is 0 Å². The molecule has 2 atom stereocenters. The Morgan fingerprint density at radius 2 is 1.55 bits per heavy atom. The Balaban J connectivity index is 0.00000544. The molecule has 0 fully saturated rings. The number of nitrogens with zero attached hydrogens (tertiary/aromatic N) is 2. The second-order valence-electron chi connectivity index (χ2n) is 8.10. The Bertz CT molecular complexity index is 827. The Morgan fingerprint density at radius 3 is 2.06 bits per heavy atom. The van der Waals surface area contributed by atoms with E-state index in [9.17, 15) is 5.11 Å². The third-order valence-electron chi connectivity index (χ3n) is 4.99. The number of aliphatic hydroxyl groups excluding tert-OH is 1. The van der Waals surface area contributed by atoms with Crippen LogP contribution in [0, 0.1) is 0 Å². The largest absolute Gasteiger partial charge is 0.497 e. The van der Waals surface area contributed by atoms with Crippen LogP contribution in [0.1, 0.15) is 44.0 Å². The first-order valence-electron chi connectivity index (χ1n) is 11.1. The maximum atomic E-state index is 10.6. The predicted molar refractivity (Wildman–Crippen MR) is 146 cm³/mol. The molecule has 0 amide bonds. The van der Waals surface area contributed by atoms with Crippen LogP contribution in [0.2, 0.25) is 0 Å². The first-order chi connectivity index (χ1) is 15.3. The summed E-state index contributed by atoms with van der Waals surface area (Å²) in [6, 6.07) is 15.7. The molecule has 2 rings (SSSR count). The fraction of sp³-hybridized carbons (Fsp3) is 0.480. The molecule has 33 heavy (non-hydrogen) atoms. The van der Waals surface area contributed by atoms with Gasteiger partial charge in [0.15, 0.2) is 5.96 Å². The zero-order valence-corrected chi connectivity index (χ0v) is 22.9. The molecule has 0 aliphatic rings. The van der Waals surface area contributed by atoms with Crippen molar-refractivity contribution in [1.82, 2.24) is 15.5 Å². The van der Waals surface area contributed by atoms with Crippen LogP contribution in [0.4, 0.5) is 0 Å². The molecule has 0 saturated heterocycles. The first kappa shape index (κ1) is 29.0. The summed E-state index contributed by atoms with van der Waals surface area (Å²) in [5.74, 6) is 2.31. The molecule has 2 aromatic carbocycles. The van der Waals surface area contributed by atoms with Crippen LogP contribution >= 0.6 is 24.0 Å². The van der Waals surface area contributed by atoms with Gasteiger partial charge in [0.05, 0.1) is 31.9 Å². The number of ether oxygens (including phenoxy) is 2. The van der Waals surface area contributed by atoms with E-state index in [0.29, 0.717) is 19.0 Å². The molecular formula is C25H39IN4O3. The van der Waals surface area contributed by atoms with Gasteiger partial charge in [-0.15, -0.1) is 24.0 Å². The maximum Gasteiger partial charge on any atom is 0.191 e. The molecular weight excluding hydrogens is 531 g/mol. The summed E-state index contributed by atoms with van der Waals surface area (Å²) in [4.78, 5) is 6.90. The van der Waals surface area contributed by atoms with Crippen molar-refractivity contribution in [2.24, 2.45) is 4.99 Å². The van der Waals surface area contributed by atoms with Gasteiger partial charge in [0.1, 0.15) is 11.5 Å². The monoisotopic (exact) mass is 570 g/mol. The van der Waals surface area contributed by atoms with Crippen molar-refractivity contribution in [2.75, 3.05) is 40.8 Å². The van der Waals surface area contributed by atoms with Crippen LogP contribution in [0.15, 0.2) is 53.5 Å². The normalized spacial score (nSPS) is 13.3. The van der Waals surface area contributed by atoms with E-state index >= 15 is 0 Å². The van der Waals surface area contributed by atoms with Crippen molar-refractivity contribution in [2.45, 2.75) is 39.0 Å². The molecule has 3 N–H and O–H groups in total. The average Bonchev–Trinajstić information content (AvgIpc) is 2.77. The lowest BCUT2D eigenvalue weighted by Crippen LogP contribution is -2.40. The van der Waals surface area contributed by atoms with E-state index in [2.05, 4.69) is 27.7 Å². The van der Waals surface area contributed by atoms with Crippen LogP contribution in [0.3, 0.4) is 0 Å². The van der Waals surface area contributed by atoms with Gasteiger partial charge >= 0.3 is 0 Å². The van der Waals surface area contributed by atoms with Crippen molar-refractivity contribution < 1.29 is 14.6 Å². The second kappa shape index (κ2) is 15.0. The zero-order valence-electron chi connectivity index (χ0n) is 20.5. The van der Waals surface area contributed by atoms with Crippen molar-refractivity contribution in [3.63, 3.8) is 0 Å². The van der Waals surface area contributed by atoms with Gasteiger partial charge < -0.3 is 30.1 Å². The number of benzene rings is 2. The van der Waals surface area contributed by atoms with E-state index in [-0.39, 0.29) is 36.1 Å². The number of likely N-dealkylation sites (N-methyl/N-ethyl adjacent to an activating group) is 1. The molecule has 0 aliphatic carbocycles. The number of rotatable bonds is 11. The number of halogens is 1. The quantitative estimate of drug-likeness (QED) is 0.216. The van der Waals surface area contributed by atoms with Gasteiger partial charge in [0, 0.05) is 13.1 Å². The van der Waals surface area contributed by atoms with Gasteiger partial charge in [-0.2, -0.15) is 0 Å². The number of hydrogen-bond donors (Lipinski definition) is 3. The van der Waals surface area contributed by atoms with Crippen LogP contribution in [-0.2, 0) is 0 Å². The summed E-state index contributed by atoms with van der Waals surface area (Å²) in [6.45, 7) is 7.66. The van der Waals surface area contributed by atoms with Gasteiger partial charge in [-0.3, -0.25) is 4.99 Å². The predicted octanol–water partition coefficient (Wildman–Crippen LogP) is 3.99. The highest BCUT2D eigenvalue weighted by molar-refractivity contribution is 14.0. The first-order valence-corrected chi connectivity index (χ1v) is 11.1. The van der Waals surface area contributed by atoms with Gasteiger partial charge in [0.2, 0.25) is 0 Å². The summed E-state index contributed by atoms with van der Waals surface area (Å²) >= 11 is 0. The average molecular weight is 571 g/mol. The molecule has 0 heterocycles. The minimum Gasteiger partial charge on any atom is -0.497 e. The van der Waals surface area contributed by atoms with Crippen molar-refractivity contribution in [3.8, 4) is 11.5 Å². The van der Waals surface area contributed by atoms with E-state index in [1.807, 2.05) is 71.3 Å². The summed E-state index contributed by atoms with van der Waals surface area (Å²) in [6.07, 6.45) is -0.534. The van der Waals surface area contributed by atoms with Crippen molar-refractivity contribution >= 4 is 29.9 Å². The SMILES string of the molecule is CCNC(=NCC(c1ccc(OC)cc1)N(C)C)NCC(O)c1ccc(OC(C)C)cc1.I. The maximum absolute atomic E-state index is 10.6. The Labute approximate surface area is 215 Å². The lowest BCUT2D eigenvalue weighted by molar-refractivity contribution is 0.180. The minimum atomic E-state index is -0.654. The van der Waals surface area contributed by atoms with E-state index in [1.165, 1.54) is 5.56 Å². The summed E-state index contributed by atoms with van der Waals surface area (Å²) in [5, 5.41) is 17.1. The highest BCUT2D eigenvalue weighted by Crippen LogP contribution is 2.22. The Hall–Kier alpha value is -2.04. The molecule has 2 unspecified atom stereocenters. The molecule has 0 bridgehead atoms. The fourth-order valence-corrected chi connectivity index (χ4v) is 3.26. The van der Waals surface area contributed by atoms with Gasteiger partial charge in [-0.25, -0.2) is 0 Å². The minimum absolute atomic E-state index is 0.